The molecule has 19 heavy (non-hydrogen) atoms. The fourth-order valence-corrected chi connectivity index (χ4v) is 2.07. The van der Waals surface area contributed by atoms with E-state index in [1.54, 1.807) is 18.6 Å². The fourth-order valence-electron chi connectivity index (χ4n) is 1.45. The third kappa shape index (κ3) is 5.09. The second-order valence-corrected chi connectivity index (χ2v) is 4.75. The van der Waals surface area contributed by atoms with Crippen LogP contribution in [0.5, 0.6) is 0 Å². The Morgan fingerprint density at radius 1 is 1.21 bits per heavy atom. The molecule has 0 radical (unpaired) electrons. The number of carbonyl (C=O) groups excluding carboxylic acids is 1. The van der Waals surface area contributed by atoms with E-state index in [9.17, 15) is 4.79 Å². The Morgan fingerprint density at radius 3 is 2.89 bits per heavy atom. The zero-order chi connectivity index (χ0) is 13.3. The van der Waals surface area contributed by atoms with E-state index in [4.69, 9.17) is 4.74 Å². The molecule has 0 saturated heterocycles. The number of esters is 1. The molecule has 2 rings (SSSR count). The second-order valence-electron chi connectivity index (χ2n) is 3.81. The van der Waals surface area contributed by atoms with Gasteiger partial charge in [0.2, 0.25) is 0 Å². The molecule has 0 unspecified atom stereocenters. The number of ether oxygens (including phenoxy) is 1. The molecule has 0 saturated carbocycles. The van der Waals surface area contributed by atoms with E-state index in [0.29, 0.717) is 18.8 Å². The van der Waals surface area contributed by atoms with Crippen molar-refractivity contribution in [2.45, 2.75) is 17.9 Å². The summed E-state index contributed by atoms with van der Waals surface area (Å²) in [6.07, 6.45) is 6.21. The predicted molar refractivity (Wildman–Crippen MR) is 73.6 cm³/mol. The van der Waals surface area contributed by atoms with E-state index in [-0.39, 0.29) is 5.97 Å². The SMILES string of the molecule is O=C(CCc1cccnc1)OCSc1ccccn1. The monoisotopic (exact) mass is 274 g/mol. The number of aryl methyl sites for hydroxylation is 1. The van der Waals surface area contributed by atoms with Gasteiger partial charge >= 0.3 is 5.97 Å². The molecule has 0 aliphatic heterocycles. The first-order valence-electron chi connectivity index (χ1n) is 5.93. The molecular formula is C14H14N2O2S. The van der Waals surface area contributed by atoms with Crippen LogP contribution < -0.4 is 0 Å². The summed E-state index contributed by atoms with van der Waals surface area (Å²) in [7, 11) is 0. The second kappa shape index (κ2) is 7.53. The van der Waals surface area contributed by atoms with E-state index < -0.39 is 0 Å². The van der Waals surface area contributed by atoms with Crippen molar-refractivity contribution < 1.29 is 9.53 Å². The number of carbonyl (C=O) groups is 1. The molecule has 0 spiro atoms. The lowest BCUT2D eigenvalue weighted by atomic mass is 10.2. The maximum absolute atomic E-state index is 11.5. The number of pyridine rings is 2. The average molecular weight is 274 g/mol. The fraction of sp³-hybridized carbons (Fsp3) is 0.214. The normalized spacial score (nSPS) is 10.1. The standard InChI is InChI=1S/C14H14N2O2S/c17-14(7-6-12-4-3-8-15-10-12)18-11-19-13-5-1-2-9-16-13/h1-5,8-10H,6-7,11H2. The first kappa shape index (κ1) is 13.5. The summed E-state index contributed by atoms with van der Waals surface area (Å²) in [6.45, 7) is 0. The summed E-state index contributed by atoms with van der Waals surface area (Å²) in [5.41, 5.74) is 1.04. The topological polar surface area (TPSA) is 52.1 Å². The van der Waals surface area contributed by atoms with Crippen LogP contribution in [-0.4, -0.2) is 21.9 Å². The smallest absolute Gasteiger partial charge is 0.306 e. The Labute approximate surface area is 116 Å². The molecule has 0 N–H and O–H groups in total. The van der Waals surface area contributed by atoms with Crippen molar-refractivity contribution in [3.63, 3.8) is 0 Å². The molecule has 98 valence electrons. The number of rotatable bonds is 6. The van der Waals surface area contributed by atoms with Gasteiger partial charge in [-0.3, -0.25) is 9.78 Å². The Balaban J connectivity index is 1.65. The molecule has 0 amide bonds. The molecule has 2 aromatic rings. The van der Waals surface area contributed by atoms with E-state index in [0.717, 1.165) is 10.6 Å². The number of hydrogen-bond donors (Lipinski definition) is 0. The highest BCUT2D eigenvalue weighted by molar-refractivity contribution is 7.99. The number of hydrogen-bond acceptors (Lipinski definition) is 5. The molecule has 0 bridgehead atoms. The molecule has 0 aromatic carbocycles. The van der Waals surface area contributed by atoms with Gasteiger partial charge in [-0.25, -0.2) is 4.98 Å². The van der Waals surface area contributed by atoms with Crippen LogP contribution >= 0.6 is 11.8 Å². The van der Waals surface area contributed by atoms with Gasteiger partial charge in [0, 0.05) is 25.0 Å². The van der Waals surface area contributed by atoms with E-state index in [1.165, 1.54) is 11.8 Å². The predicted octanol–water partition coefficient (Wildman–Crippen LogP) is 2.70. The van der Waals surface area contributed by atoms with Crippen molar-refractivity contribution in [3.8, 4) is 0 Å². The molecule has 0 atom stereocenters. The van der Waals surface area contributed by atoms with Crippen LogP contribution in [0.1, 0.15) is 12.0 Å². The quantitative estimate of drug-likeness (QED) is 0.460. The van der Waals surface area contributed by atoms with Crippen molar-refractivity contribution >= 4 is 17.7 Å². The lowest BCUT2D eigenvalue weighted by Gasteiger charge is -2.04. The third-order valence-corrected chi connectivity index (χ3v) is 3.18. The summed E-state index contributed by atoms with van der Waals surface area (Å²) in [4.78, 5) is 19.7. The zero-order valence-electron chi connectivity index (χ0n) is 10.4. The maximum Gasteiger partial charge on any atom is 0.306 e. The molecular weight excluding hydrogens is 260 g/mol. The minimum absolute atomic E-state index is 0.202. The average Bonchev–Trinajstić information content (AvgIpc) is 2.47. The summed E-state index contributed by atoms with van der Waals surface area (Å²) in [5, 5.41) is 0.850. The minimum atomic E-state index is -0.202. The number of nitrogens with zero attached hydrogens (tertiary/aromatic N) is 2. The van der Waals surface area contributed by atoms with Gasteiger partial charge in [-0.2, -0.15) is 0 Å². The van der Waals surface area contributed by atoms with Crippen LogP contribution in [0, 0.1) is 0 Å². The van der Waals surface area contributed by atoms with Crippen LogP contribution in [0.2, 0.25) is 0 Å². The van der Waals surface area contributed by atoms with Gasteiger partial charge in [0.05, 0.1) is 5.03 Å². The summed E-state index contributed by atoms with van der Waals surface area (Å²) in [6, 6.07) is 9.44. The Bertz CT molecular complexity index is 505. The number of aromatic nitrogens is 2. The lowest BCUT2D eigenvalue weighted by molar-refractivity contribution is -0.141. The van der Waals surface area contributed by atoms with Gasteiger partial charge in [-0.05, 0) is 30.2 Å². The van der Waals surface area contributed by atoms with Crippen LogP contribution in [-0.2, 0) is 16.0 Å². The summed E-state index contributed by atoms with van der Waals surface area (Å²) >= 11 is 1.40. The Morgan fingerprint density at radius 2 is 2.16 bits per heavy atom. The van der Waals surface area contributed by atoms with Gasteiger partial charge in [0.1, 0.15) is 5.94 Å². The van der Waals surface area contributed by atoms with Crippen molar-refractivity contribution in [3.05, 3.63) is 54.5 Å². The van der Waals surface area contributed by atoms with Crippen molar-refractivity contribution in [1.29, 1.82) is 0 Å². The first-order chi connectivity index (χ1) is 9.34. The van der Waals surface area contributed by atoms with E-state index in [2.05, 4.69) is 9.97 Å². The number of thioether (sulfide) groups is 1. The van der Waals surface area contributed by atoms with Crippen LogP contribution in [0.4, 0.5) is 0 Å². The van der Waals surface area contributed by atoms with Crippen molar-refractivity contribution in [1.82, 2.24) is 9.97 Å². The summed E-state index contributed by atoms with van der Waals surface area (Å²) in [5.74, 6) is 0.0929. The molecule has 2 heterocycles. The molecule has 0 aliphatic rings. The van der Waals surface area contributed by atoms with Gasteiger partial charge in [-0.15, -0.1) is 0 Å². The van der Waals surface area contributed by atoms with E-state index in [1.807, 2.05) is 30.3 Å². The highest BCUT2D eigenvalue weighted by Gasteiger charge is 2.04. The largest absolute Gasteiger partial charge is 0.454 e. The van der Waals surface area contributed by atoms with Gasteiger partial charge in [0.25, 0.3) is 0 Å². The van der Waals surface area contributed by atoms with Gasteiger partial charge in [0.15, 0.2) is 0 Å². The minimum Gasteiger partial charge on any atom is -0.454 e. The Kier molecular flexibility index (Phi) is 5.37. The van der Waals surface area contributed by atoms with Crippen molar-refractivity contribution in [2.24, 2.45) is 0 Å². The zero-order valence-corrected chi connectivity index (χ0v) is 11.2. The highest BCUT2D eigenvalue weighted by Crippen LogP contribution is 2.14. The lowest BCUT2D eigenvalue weighted by Crippen LogP contribution is -2.05. The van der Waals surface area contributed by atoms with Crippen LogP contribution in [0.25, 0.3) is 0 Å². The van der Waals surface area contributed by atoms with Crippen LogP contribution in [0.15, 0.2) is 53.9 Å². The van der Waals surface area contributed by atoms with Gasteiger partial charge in [-0.1, -0.05) is 23.9 Å². The van der Waals surface area contributed by atoms with E-state index >= 15 is 0 Å². The molecule has 2 aromatic heterocycles. The third-order valence-electron chi connectivity index (χ3n) is 2.41. The molecule has 5 heteroatoms. The van der Waals surface area contributed by atoms with Crippen molar-refractivity contribution in [2.75, 3.05) is 5.94 Å². The Hall–Kier alpha value is -1.88. The molecule has 4 nitrogen and oxygen atoms in total. The first-order valence-corrected chi connectivity index (χ1v) is 6.91. The molecule has 0 fully saturated rings. The summed E-state index contributed by atoms with van der Waals surface area (Å²) < 4.78 is 5.13. The molecule has 0 aliphatic carbocycles. The highest BCUT2D eigenvalue weighted by atomic mass is 32.2. The van der Waals surface area contributed by atoms with Gasteiger partial charge < -0.3 is 4.74 Å². The maximum atomic E-state index is 11.5. The van der Waals surface area contributed by atoms with Crippen LogP contribution in [0.3, 0.4) is 0 Å².